The van der Waals surface area contributed by atoms with Crippen LogP contribution in [0.2, 0.25) is 0 Å². The number of nitrogens with zero attached hydrogens (tertiary/aromatic N) is 2. The number of hydrogen-bond acceptors (Lipinski definition) is 4. The maximum atomic E-state index is 6.54. The van der Waals surface area contributed by atoms with Gasteiger partial charge in [-0.05, 0) is 37.5 Å². The summed E-state index contributed by atoms with van der Waals surface area (Å²) in [6.45, 7) is 4.58. The molecule has 0 bridgehead atoms. The lowest BCUT2D eigenvalue weighted by Crippen LogP contribution is -2.42. The molecule has 100 valence electrons. The first kappa shape index (κ1) is 13.3. The van der Waals surface area contributed by atoms with Crippen LogP contribution in [0.15, 0.2) is 12.4 Å². The fourth-order valence-electron chi connectivity index (χ4n) is 2.87. The van der Waals surface area contributed by atoms with Crippen LogP contribution in [-0.2, 0) is 5.54 Å². The minimum atomic E-state index is -0.370. The number of nitrogens with two attached hydrogens (primary N) is 1. The molecule has 1 aromatic heterocycles. The second kappa shape index (κ2) is 5.22. The highest BCUT2D eigenvalue weighted by Gasteiger charge is 2.37. The van der Waals surface area contributed by atoms with Crippen LogP contribution in [0.5, 0.6) is 5.88 Å². The third kappa shape index (κ3) is 2.48. The van der Waals surface area contributed by atoms with Gasteiger partial charge in [0.1, 0.15) is 5.69 Å². The van der Waals surface area contributed by atoms with Gasteiger partial charge in [-0.25, -0.2) is 4.98 Å². The Balaban J connectivity index is 2.18. The van der Waals surface area contributed by atoms with E-state index in [2.05, 4.69) is 23.8 Å². The minimum Gasteiger partial charge on any atom is -0.480 e. The zero-order chi connectivity index (χ0) is 13.2. The van der Waals surface area contributed by atoms with Gasteiger partial charge in [0.2, 0.25) is 5.88 Å². The number of hydrogen-bond donors (Lipinski definition) is 1. The minimum absolute atomic E-state index is 0.370. The van der Waals surface area contributed by atoms with E-state index in [1.54, 1.807) is 19.5 Å². The zero-order valence-electron chi connectivity index (χ0n) is 11.5. The van der Waals surface area contributed by atoms with Crippen molar-refractivity contribution in [1.82, 2.24) is 9.97 Å². The van der Waals surface area contributed by atoms with Crippen molar-refractivity contribution in [2.24, 2.45) is 17.6 Å². The molecular formula is C14H23N3O. The SMILES string of the molecule is COc1nccnc1C1(N)CCC(C(C)C)CC1. The Hall–Kier alpha value is -1.16. The van der Waals surface area contributed by atoms with Crippen molar-refractivity contribution in [3.63, 3.8) is 0 Å². The summed E-state index contributed by atoms with van der Waals surface area (Å²) in [6, 6.07) is 0. The number of ether oxygens (including phenoxy) is 1. The van der Waals surface area contributed by atoms with Crippen LogP contribution in [0.1, 0.15) is 45.2 Å². The fourth-order valence-corrected chi connectivity index (χ4v) is 2.87. The van der Waals surface area contributed by atoms with Crippen LogP contribution >= 0.6 is 0 Å². The quantitative estimate of drug-likeness (QED) is 0.894. The summed E-state index contributed by atoms with van der Waals surface area (Å²) in [5, 5.41) is 0. The molecule has 2 rings (SSSR count). The molecule has 0 atom stereocenters. The lowest BCUT2D eigenvalue weighted by atomic mass is 9.72. The molecule has 1 heterocycles. The summed E-state index contributed by atoms with van der Waals surface area (Å²) >= 11 is 0. The molecule has 0 unspecified atom stereocenters. The predicted molar refractivity (Wildman–Crippen MR) is 71.2 cm³/mol. The van der Waals surface area contributed by atoms with Crippen LogP contribution in [0.4, 0.5) is 0 Å². The Kier molecular flexibility index (Phi) is 3.85. The molecule has 1 aliphatic rings. The Morgan fingerprint density at radius 3 is 2.44 bits per heavy atom. The van der Waals surface area contributed by atoms with E-state index in [-0.39, 0.29) is 5.54 Å². The predicted octanol–water partition coefficient (Wildman–Crippen LogP) is 2.49. The van der Waals surface area contributed by atoms with Crippen LogP contribution in [-0.4, -0.2) is 17.1 Å². The van der Waals surface area contributed by atoms with E-state index in [0.29, 0.717) is 5.88 Å². The second-order valence-electron chi connectivity index (χ2n) is 5.65. The molecule has 0 aromatic carbocycles. The summed E-state index contributed by atoms with van der Waals surface area (Å²) in [6.07, 6.45) is 7.59. The molecule has 4 nitrogen and oxygen atoms in total. The van der Waals surface area contributed by atoms with Gasteiger partial charge < -0.3 is 10.5 Å². The number of methoxy groups -OCH3 is 1. The monoisotopic (exact) mass is 249 g/mol. The van der Waals surface area contributed by atoms with Crippen molar-refractivity contribution in [2.75, 3.05) is 7.11 Å². The van der Waals surface area contributed by atoms with Crippen molar-refractivity contribution in [1.29, 1.82) is 0 Å². The van der Waals surface area contributed by atoms with Gasteiger partial charge in [0, 0.05) is 12.4 Å². The number of rotatable bonds is 3. The van der Waals surface area contributed by atoms with Crippen molar-refractivity contribution >= 4 is 0 Å². The molecule has 1 aromatic rings. The molecule has 1 fully saturated rings. The van der Waals surface area contributed by atoms with E-state index in [1.807, 2.05) is 0 Å². The second-order valence-corrected chi connectivity index (χ2v) is 5.65. The van der Waals surface area contributed by atoms with E-state index in [4.69, 9.17) is 10.5 Å². The van der Waals surface area contributed by atoms with Gasteiger partial charge in [-0.2, -0.15) is 0 Å². The molecule has 1 saturated carbocycles. The largest absolute Gasteiger partial charge is 0.480 e. The van der Waals surface area contributed by atoms with Gasteiger partial charge in [0.15, 0.2) is 0 Å². The number of aromatic nitrogens is 2. The summed E-state index contributed by atoms with van der Waals surface area (Å²) < 4.78 is 5.28. The van der Waals surface area contributed by atoms with Crippen molar-refractivity contribution in [3.05, 3.63) is 18.1 Å². The maximum Gasteiger partial charge on any atom is 0.237 e. The van der Waals surface area contributed by atoms with E-state index >= 15 is 0 Å². The lowest BCUT2D eigenvalue weighted by Gasteiger charge is -2.38. The Labute approximate surface area is 109 Å². The van der Waals surface area contributed by atoms with Crippen LogP contribution < -0.4 is 10.5 Å². The highest BCUT2D eigenvalue weighted by molar-refractivity contribution is 5.26. The molecule has 4 heteroatoms. The average Bonchev–Trinajstić information content (AvgIpc) is 2.39. The molecular weight excluding hydrogens is 226 g/mol. The first-order valence-corrected chi connectivity index (χ1v) is 6.71. The summed E-state index contributed by atoms with van der Waals surface area (Å²) in [4.78, 5) is 8.61. The smallest absolute Gasteiger partial charge is 0.237 e. The first-order valence-electron chi connectivity index (χ1n) is 6.71. The molecule has 0 aliphatic heterocycles. The summed E-state index contributed by atoms with van der Waals surface area (Å²) in [5.74, 6) is 2.09. The van der Waals surface area contributed by atoms with Crippen LogP contribution in [0, 0.1) is 11.8 Å². The fraction of sp³-hybridized carbons (Fsp3) is 0.714. The molecule has 2 N–H and O–H groups in total. The van der Waals surface area contributed by atoms with Gasteiger partial charge in [0.25, 0.3) is 0 Å². The maximum absolute atomic E-state index is 6.54. The molecule has 0 amide bonds. The molecule has 18 heavy (non-hydrogen) atoms. The van der Waals surface area contributed by atoms with Crippen molar-refractivity contribution in [3.8, 4) is 5.88 Å². The Morgan fingerprint density at radius 1 is 1.28 bits per heavy atom. The first-order chi connectivity index (χ1) is 8.57. The lowest BCUT2D eigenvalue weighted by molar-refractivity contribution is 0.188. The van der Waals surface area contributed by atoms with E-state index in [0.717, 1.165) is 43.2 Å². The van der Waals surface area contributed by atoms with Crippen molar-refractivity contribution in [2.45, 2.75) is 45.1 Å². The van der Waals surface area contributed by atoms with Gasteiger partial charge in [0.05, 0.1) is 12.6 Å². The van der Waals surface area contributed by atoms with E-state index < -0.39 is 0 Å². The van der Waals surface area contributed by atoms with E-state index in [9.17, 15) is 0 Å². The highest BCUT2D eigenvalue weighted by Crippen LogP contribution is 2.41. The normalized spacial score (nSPS) is 28.4. The van der Waals surface area contributed by atoms with Gasteiger partial charge in [-0.1, -0.05) is 13.8 Å². The Bertz CT molecular complexity index is 398. The highest BCUT2D eigenvalue weighted by atomic mass is 16.5. The third-order valence-electron chi connectivity index (χ3n) is 4.19. The Morgan fingerprint density at radius 2 is 1.89 bits per heavy atom. The van der Waals surface area contributed by atoms with Gasteiger partial charge in [-0.3, -0.25) is 4.98 Å². The summed E-state index contributed by atoms with van der Waals surface area (Å²) in [7, 11) is 1.62. The van der Waals surface area contributed by atoms with Crippen molar-refractivity contribution < 1.29 is 4.74 Å². The summed E-state index contributed by atoms with van der Waals surface area (Å²) in [5.41, 5.74) is 6.98. The molecule has 1 aliphatic carbocycles. The van der Waals surface area contributed by atoms with Crippen LogP contribution in [0.25, 0.3) is 0 Å². The molecule has 0 saturated heterocycles. The van der Waals surface area contributed by atoms with Crippen LogP contribution in [0.3, 0.4) is 0 Å². The van der Waals surface area contributed by atoms with Gasteiger partial charge in [-0.15, -0.1) is 0 Å². The average molecular weight is 249 g/mol. The topological polar surface area (TPSA) is 61.0 Å². The molecule has 0 radical (unpaired) electrons. The van der Waals surface area contributed by atoms with Gasteiger partial charge >= 0.3 is 0 Å². The zero-order valence-corrected chi connectivity index (χ0v) is 11.5. The third-order valence-corrected chi connectivity index (χ3v) is 4.19. The standard InChI is InChI=1S/C14H23N3O/c1-10(2)11-4-6-14(15,7-5-11)12-13(18-3)17-9-8-16-12/h8-11H,4-7,15H2,1-3H3. The van der Waals surface area contributed by atoms with E-state index in [1.165, 1.54) is 0 Å². The molecule has 0 spiro atoms.